The number of ether oxygens (including phenoxy) is 1. The zero-order valence-electron chi connectivity index (χ0n) is 11.3. The van der Waals surface area contributed by atoms with E-state index in [-0.39, 0.29) is 6.04 Å². The van der Waals surface area contributed by atoms with Crippen molar-refractivity contribution in [2.45, 2.75) is 26.3 Å². The maximum atomic E-state index is 5.47. The van der Waals surface area contributed by atoms with E-state index in [9.17, 15) is 0 Å². The highest BCUT2D eigenvalue weighted by molar-refractivity contribution is 5.35. The molecule has 0 saturated carbocycles. The van der Waals surface area contributed by atoms with Crippen molar-refractivity contribution >= 4 is 5.95 Å². The number of anilines is 1. The summed E-state index contributed by atoms with van der Waals surface area (Å²) in [4.78, 5) is 4.39. The van der Waals surface area contributed by atoms with Crippen molar-refractivity contribution in [2.75, 3.05) is 18.5 Å². The number of benzene rings is 1. The van der Waals surface area contributed by atoms with Crippen LogP contribution in [0.2, 0.25) is 0 Å². The van der Waals surface area contributed by atoms with Crippen LogP contribution in [0.3, 0.4) is 0 Å². The number of hydrogen-bond donors (Lipinski definition) is 1. The van der Waals surface area contributed by atoms with E-state index >= 15 is 0 Å². The minimum absolute atomic E-state index is 0.258. The van der Waals surface area contributed by atoms with E-state index in [1.54, 1.807) is 0 Å². The lowest BCUT2D eigenvalue weighted by atomic mass is 10.0. The third kappa shape index (κ3) is 2.28. The van der Waals surface area contributed by atoms with Crippen LogP contribution in [-0.4, -0.2) is 27.9 Å². The van der Waals surface area contributed by atoms with Crippen LogP contribution in [-0.2, 0) is 0 Å². The lowest BCUT2D eigenvalue weighted by molar-refractivity contribution is 0.340. The summed E-state index contributed by atoms with van der Waals surface area (Å²) < 4.78 is 7.46. The molecule has 5 nitrogen and oxygen atoms in total. The summed E-state index contributed by atoms with van der Waals surface area (Å²) in [5, 5.41) is 7.76. The lowest BCUT2D eigenvalue weighted by Crippen LogP contribution is -2.24. The Morgan fingerprint density at radius 1 is 1.37 bits per heavy atom. The molecule has 0 saturated heterocycles. The first-order valence-electron chi connectivity index (χ1n) is 6.67. The average molecular weight is 258 g/mol. The molecule has 1 aromatic heterocycles. The Hall–Kier alpha value is -2.04. The van der Waals surface area contributed by atoms with Gasteiger partial charge in [0.1, 0.15) is 11.6 Å². The third-order valence-corrected chi connectivity index (χ3v) is 3.31. The van der Waals surface area contributed by atoms with E-state index < -0.39 is 0 Å². The van der Waals surface area contributed by atoms with Gasteiger partial charge in [-0.2, -0.15) is 10.1 Å². The molecule has 0 radical (unpaired) electrons. The third-order valence-electron chi connectivity index (χ3n) is 3.31. The molecule has 1 N–H and O–H groups in total. The predicted molar refractivity (Wildman–Crippen MR) is 73.6 cm³/mol. The van der Waals surface area contributed by atoms with Crippen LogP contribution in [0.15, 0.2) is 24.3 Å². The van der Waals surface area contributed by atoms with Gasteiger partial charge in [0, 0.05) is 6.54 Å². The van der Waals surface area contributed by atoms with Crippen LogP contribution in [0.4, 0.5) is 5.95 Å². The summed E-state index contributed by atoms with van der Waals surface area (Å²) in [6, 6.07) is 8.52. The second-order valence-electron chi connectivity index (χ2n) is 4.66. The number of fused-ring (bicyclic) bond motifs is 1. The van der Waals surface area contributed by atoms with Gasteiger partial charge in [-0.1, -0.05) is 12.1 Å². The molecule has 1 aromatic carbocycles. The number of rotatable bonds is 3. The summed E-state index contributed by atoms with van der Waals surface area (Å²) in [5.74, 6) is 2.58. The van der Waals surface area contributed by atoms with E-state index in [0.717, 1.165) is 30.5 Å². The van der Waals surface area contributed by atoms with Crippen molar-refractivity contribution in [1.82, 2.24) is 14.8 Å². The Bertz CT molecular complexity index is 561. The molecule has 0 fully saturated rings. The highest BCUT2D eigenvalue weighted by atomic mass is 16.5. The zero-order valence-corrected chi connectivity index (χ0v) is 11.3. The summed E-state index contributed by atoms with van der Waals surface area (Å²) in [5.41, 5.74) is 1.25. The fourth-order valence-corrected chi connectivity index (χ4v) is 2.47. The van der Waals surface area contributed by atoms with Gasteiger partial charge >= 0.3 is 0 Å². The van der Waals surface area contributed by atoms with Crippen molar-refractivity contribution in [3.63, 3.8) is 0 Å². The van der Waals surface area contributed by atoms with Crippen LogP contribution >= 0.6 is 0 Å². The second-order valence-corrected chi connectivity index (χ2v) is 4.66. The first kappa shape index (κ1) is 12.0. The van der Waals surface area contributed by atoms with E-state index in [2.05, 4.69) is 27.5 Å². The molecular weight excluding hydrogens is 240 g/mol. The second kappa shape index (κ2) is 4.91. The van der Waals surface area contributed by atoms with Gasteiger partial charge in [0.05, 0.1) is 12.6 Å². The number of nitrogens with zero attached hydrogens (tertiary/aromatic N) is 3. The molecule has 2 aromatic rings. The monoisotopic (exact) mass is 258 g/mol. The molecule has 1 aliphatic heterocycles. The van der Waals surface area contributed by atoms with E-state index in [1.807, 2.05) is 30.7 Å². The summed E-state index contributed by atoms with van der Waals surface area (Å²) in [6.45, 7) is 5.53. The fraction of sp³-hybridized carbons (Fsp3) is 0.429. The maximum absolute atomic E-state index is 5.47. The Morgan fingerprint density at radius 3 is 2.89 bits per heavy atom. The smallest absolute Gasteiger partial charge is 0.221 e. The molecule has 0 spiro atoms. The summed E-state index contributed by atoms with van der Waals surface area (Å²) >= 11 is 0. The molecule has 19 heavy (non-hydrogen) atoms. The van der Waals surface area contributed by atoms with Crippen LogP contribution in [0, 0.1) is 6.92 Å². The van der Waals surface area contributed by atoms with Crippen LogP contribution in [0.5, 0.6) is 5.75 Å². The molecule has 0 bridgehead atoms. The molecule has 1 unspecified atom stereocenters. The topological polar surface area (TPSA) is 52.0 Å². The van der Waals surface area contributed by atoms with Crippen molar-refractivity contribution in [3.8, 4) is 5.75 Å². The largest absolute Gasteiger partial charge is 0.494 e. The summed E-state index contributed by atoms with van der Waals surface area (Å²) in [6.07, 6.45) is 1.02. The SMILES string of the molecule is CCOc1ccc(C2CCNc3nc(C)nn32)cc1. The molecule has 0 aliphatic carbocycles. The van der Waals surface area contributed by atoms with Gasteiger partial charge in [-0.05, 0) is 38.0 Å². The first-order valence-corrected chi connectivity index (χ1v) is 6.67. The maximum Gasteiger partial charge on any atom is 0.221 e. The molecule has 2 heterocycles. The van der Waals surface area contributed by atoms with Crippen molar-refractivity contribution in [3.05, 3.63) is 35.7 Å². The van der Waals surface area contributed by atoms with Crippen molar-refractivity contribution in [1.29, 1.82) is 0 Å². The van der Waals surface area contributed by atoms with Gasteiger partial charge in [-0.3, -0.25) is 0 Å². The predicted octanol–water partition coefficient (Wildman–Crippen LogP) is 2.39. The lowest BCUT2D eigenvalue weighted by Gasteiger charge is -2.24. The molecule has 5 heteroatoms. The Labute approximate surface area is 112 Å². The molecule has 1 atom stereocenters. The van der Waals surface area contributed by atoms with E-state index in [0.29, 0.717) is 6.61 Å². The highest BCUT2D eigenvalue weighted by Crippen LogP contribution is 2.29. The van der Waals surface area contributed by atoms with Crippen LogP contribution in [0.25, 0.3) is 0 Å². The number of aryl methyl sites for hydroxylation is 1. The first-order chi connectivity index (χ1) is 9.28. The van der Waals surface area contributed by atoms with Crippen molar-refractivity contribution < 1.29 is 4.74 Å². The normalized spacial score (nSPS) is 17.7. The van der Waals surface area contributed by atoms with Gasteiger partial charge in [0.15, 0.2) is 0 Å². The highest BCUT2D eigenvalue weighted by Gasteiger charge is 2.23. The average Bonchev–Trinajstić information content (AvgIpc) is 2.80. The Kier molecular flexibility index (Phi) is 3.11. The van der Waals surface area contributed by atoms with Gasteiger partial charge in [-0.25, -0.2) is 4.68 Å². The molecule has 0 amide bonds. The van der Waals surface area contributed by atoms with E-state index in [4.69, 9.17) is 4.74 Å². The molecule has 1 aliphatic rings. The molecule has 3 rings (SSSR count). The molecule has 100 valence electrons. The number of nitrogens with one attached hydrogen (secondary N) is 1. The molecular formula is C14H18N4O. The van der Waals surface area contributed by atoms with Crippen LogP contribution in [0.1, 0.15) is 30.8 Å². The quantitative estimate of drug-likeness (QED) is 0.918. The van der Waals surface area contributed by atoms with E-state index in [1.165, 1.54) is 5.56 Å². The fourth-order valence-electron chi connectivity index (χ4n) is 2.47. The van der Waals surface area contributed by atoms with Crippen molar-refractivity contribution in [2.24, 2.45) is 0 Å². The van der Waals surface area contributed by atoms with Gasteiger partial charge in [0.25, 0.3) is 0 Å². The van der Waals surface area contributed by atoms with Gasteiger partial charge < -0.3 is 10.1 Å². The zero-order chi connectivity index (χ0) is 13.2. The number of aromatic nitrogens is 3. The Morgan fingerprint density at radius 2 is 2.16 bits per heavy atom. The number of hydrogen-bond acceptors (Lipinski definition) is 4. The summed E-state index contributed by atoms with van der Waals surface area (Å²) in [7, 11) is 0. The van der Waals surface area contributed by atoms with Gasteiger partial charge in [0.2, 0.25) is 5.95 Å². The minimum Gasteiger partial charge on any atom is -0.494 e. The Balaban J connectivity index is 1.90. The van der Waals surface area contributed by atoms with Gasteiger partial charge in [-0.15, -0.1) is 0 Å². The standard InChI is InChI=1S/C14H18N4O/c1-3-19-12-6-4-11(5-7-12)13-8-9-15-14-16-10(2)17-18(13)14/h4-7,13H,3,8-9H2,1-2H3,(H,15,16,17). The van der Waals surface area contributed by atoms with Crippen LogP contribution < -0.4 is 10.1 Å². The minimum atomic E-state index is 0.258.